The summed E-state index contributed by atoms with van der Waals surface area (Å²) in [5.41, 5.74) is 0. The number of amides is 2. The Balaban J connectivity index is 1.28. The molecule has 0 spiro atoms. The van der Waals surface area contributed by atoms with Gasteiger partial charge in [-0.25, -0.2) is 0 Å². The standard InChI is InChI=1S/C26H47N3O2/c1-20(2)23-7-9-24(10-8-23)26(31)29-18-16-27(17-19-29)13-5-6-22-11-14-28(15-12-22)25(30)21(3)4/h20-24H,5-19H2,1-4H3. The predicted octanol–water partition coefficient (Wildman–Crippen LogP) is 4.27. The van der Waals surface area contributed by atoms with Crippen LogP contribution in [0.5, 0.6) is 0 Å². The SMILES string of the molecule is CC(C)C(=O)N1CCC(CCCN2CCN(C(=O)C3CCC(C(C)C)CC3)CC2)CC1. The fourth-order valence-corrected chi connectivity index (χ4v) is 5.89. The summed E-state index contributed by atoms with van der Waals surface area (Å²) in [6.07, 6.45) is 9.53. The zero-order chi connectivity index (χ0) is 22.4. The lowest BCUT2D eigenvalue weighted by Gasteiger charge is -2.38. The van der Waals surface area contributed by atoms with Gasteiger partial charge in [-0.3, -0.25) is 14.5 Å². The van der Waals surface area contributed by atoms with Crippen LogP contribution in [0.25, 0.3) is 0 Å². The van der Waals surface area contributed by atoms with Crippen LogP contribution in [0.2, 0.25) is 0 Å². The van der Waals surface area contributed by atoms with Gasteiger partial charge >= 0.3 is 0 Å². The molecule has 5 nitrogen and oxygen atoms in total. The second-order valence-corrected chi connectivity index (χ2v) is 11.1. The summed E-state index contributed by atoms with van der Waals surface area (Å²) < 4.78 is 0. The molecule has 1 saturated carbocycles. The van der Waals surface area contributed by atoms with Gasteiger partial charge in [0.15, 0.2) is 0 Å². The Hall–Kier alpha value is -1.10. The molecule has 3 rings (SSSR count). The normalized spacial score (nSPS) is 26.6. The molecule has 1 aliphatic carbocycles. The van der Waals surface area contributed by atoms with E-state index in [1.54, 1.807) is 0 Å². The van der Waals surface area contributed by atoms with Crippen LogP contribution in [0, 0.1) is 29.6 Å². The highest BCUT2D eigenvalue weighted by Gasteiger charge is 2.32. The van der Waals surface area contributed by atoms with Crippen molar-refractivity contribution >= 4 is 11.8 Å². The number of carbonyl (C=O) groups is 2. The highest BCUT2D eigenvalue weighted by molar-refractivity contribution is 5.79. The van der Waals surface area contributed by atoms with Crippen LogP contribution in [0.3, 0.4) is 0 Å². The van der Waals surface area contributed by atoms with E-state index >= 15 is 0 Å². The summed E-state index contributed by atoms with van der Waals surface area (Å²) >= 11 is 0. The predicted molar refractivity (Wildman–Crippen MR) is 127 cm³/mol. The van der Waals surface area contributed by atoms with Crippen molar-refractivity contribution in [3.63, 3.8) is 0 Å². The molecule has 3 fully saturated rings. The molecule has 3 aliphatic rings. The summed E-state index contributed by atoms with van der Waals surface area (Å²) in [7, 11) is 0. The van der Waals surface area contributed by atoms with Gasteiger partial charge in [-0.15, -0.1) is 0 Å². The number of nitrogens with zero attached hydrogens (tertiary/aromatic N) is 3. The lowest BCUT2D eigenvalue weighted by Crippen LogP contribution is -2.50. The lowest BCUT2D eigenvalue weighted by atomic mass is 9.76. The van der Waals surface area contributed by atoms with Crippen LogP contribution in [0.15, 0.2) is 0 Å². The van der Waals surface area contributed by atoms with Crippen molar-refractivity contribution in [2.45, 2.75) is 79.1 Å². The highest BCUT2D eigenvalue weighted by atomic mass is 16.2. The molecule has 2 heterocycles. The molecular weight excluding hydrogens is 386 g/mol. The number of rotatable bonds is 7. The number of carbonyl (C=O) groups excluding carboxylic acids is 2. The second-order valence-electron chi connectivity index (χ2n) is 11.1. The first-order valence-corrected chi connectivity index (χ1v) is 13.1. The third-order valence-electron chi connectivity index (χ3n) is 8.25. The van der Waals surface area contributed by atoms with Crippen LogP contribution in [0.1, 0.15) is 79.1 Å². The largest absolute Gasteiger partial charge is 0.342 e. The maximum Gasteiger partial charge on any atom is 0.225 e. The van der Waals surface area contributed by atoms with E-state index in [4.69, 9.17) is 0 Å². The van der Waals surface area contributed by atoms with Gasteiger partial charge in [0.05, 0.1) is 0 Å². The number of hydrogen-bond acceptors (Lipinski definition) is 3. The van der Waals surface area contributed by atoms with E-state index in [0.717, 1.165) is 76.4 Å². The molecule has 2 aliphatic heterocycles. The fraction of sp³-hybridized carbons (Fsp3) is 0.923. The monoisotopic (exact) mass is 433 g/mol. The van der Waals surface area contributed by atoms with Crippen molar-refractivity contribution < 1.29 is 9.59 Å². The average molecular weight is 434 g/mol. The smallest absolute Gasteiger partial charge is 0.225 e. The molecule has 0 aromatic heterocycles. The molecule has 0 radical (unpaired) electrons. The van der Waals surface area contributed by atoms with Gasteiger partial charge < -0.3 is 9.80 Å². The summed E-state index contributed by atoms with van der Waals surface area (Å²) in [5, 5.41) is 0. The third kappa shape index (κ3) is 6.94. The van der Waals surface area contributed by atoms with Crippen molar-refractivity contribution in [1.29, 1.82) is 0 Å². The Kier molecular flexibility index (Phi) is 9.24. The third-order valence-corrected chi connectivity index (χ3v) is 8.25. The maximum absolute atomic E-state index is 13.0. The first-order chi connectivity index (χ1) is 14.8. The maximum atomic E-state index is 13.0. The first-order valence-electron chi connectivity index (χ1n) is 13.1. The van der Waals surface area contributed by atoms with Crippen molar-refractivity contribution in [3.05, 3.63) is 0 Å². The van der Waals surface area contributed by atoms with Crippen LogP contribution in [-0.4, -0.2) is 72.3 Å². The van der Waals surface area contributed by atoms with Gasteiger partial charge in [0.25, 0.3) is 0 Å². The van der Waals surface area contributed by atoms with E-state index in [-0.39, 0.29) is 11.8 Å². The van der Waals surface area contributed by atoms with Crippen LogP contribution >= 0.6 is 0 Å². The number of likely N-dealkylation sites (tertiary alicyclic amines) is 1. The molecule has 0 aromatic rings. The van der Waals surface area contributed by atoms with Gasteiger partial charge in [0, 0.05) is 51.1 Å². The molecule has 0 atom stereocenters. The van der Waals surface area contributed by atoms with E-state index < -0.39 is 0 Å². The zero-order valence-corrected chi connectivity index (χ0v) is 20.7. The van der Waals surface area contributed by atoms with Gasteiger partial charge in [0.1, 0.15) is 0 Å². The summed E-state index contributed by atoms with van der Waals surface area (Å²) in [5.74, 6) is 3.52. The fourth-order valence-electron chi connectivity index (χ4n) is 5.89. The Morgan fingerprint density at radius 3 is 1.94 bits per heavy atom. The van der Waals surface area contributed by atoms with Crippen LogP contribution in [0.4, 0.5) is 0 Å². The van der Waals surface area contributed by atoms with Gasteiger partial charge in [0.2, 0.25) is 11.8 Å². The molecule has 0 unspecified atom stereocenters. The van der Waals surface area contributed by atoms with E-state index in [9.17, 15) is 9.59 Å². The Labute approximate surface area is 190 Å². The Bertz CT molecular complexity index is 567. The van der Waals surface area contributed by atoms with Crippen LogP contribution < -0.4 is 0 Å². The Morgan fingerprint density at radius 1 is 0.774 bits per heavy atom. The lowest BCUT2D eigenvalue weighted by molar-refractivity contribution is -0.138. The molecule has 2 saturated heterocycles. The summed E-state index contributed by atoms with van der Waals surface area (Å²) in [6.45, 7) is 15.6. The molecular formula is C26H47N3O2. The molecule has 31 heavy (non-hydrogen) atoms. The molecule has 0 aromatic carbocycles. The number of hydrogen-bond donors (Lipinski definition) is 0. The quantitative estimate of drug-likeness (QED) is 0.602. The van der Waals surface area contributed by atoms with Crippen LogP contribution in [-0.2, 0) is 9.59 Å². The van der Waals surface area contributed by atoms with Crippen molar-refractivity contribution in [1.82, 2.24) is 14.7 Å². The van der Waals surface area contributed by atoms with Gasteiger partial charge in [-0.1, -0.05) is 27.7 Å². The Morgan fingerprint density at radius 2 is 1.39 bits per heavy atom. The summed E-state index contributed by atoms with van der Waals surface area (Å²) in [4.78, 5) is 31.9. The van der Waals surface area contributed by atoms with E-state index in [1.165, 1.54) is 38.5 Å². The van der Waals surface area contributed by atoms with Gasteiger partial charge in [-0.05, 0) is 75.7 Å². The van der Waals surface area contributed by atoms with E-state index in [1.807, 2.05) is 13.8 Å². The molecule has 2 amide bonds. The van der Waals surface area contributed by atoms with Crippen molar-refractivity contribution in [3.8, 4) is 0 Å². The highest BCUT2D eigenvalue weighted by Crippen LogP contribution is 2.34. The topological polar surface area (TPSA) is 43.9 Å². The number of piperazine rings is 1. The number of piperidine rings is 1. The minimum atomic E-state index is 0.122. The second kappa shape index (κ2) is 11.7. The minimum absolute atomic E-state index is 0.122. The molecule has 0 N–H and O–H groups in total. The van der Waals surface area contributed by atoms with E-state index in [0.29, 0.717) is 11.8 Å². The first kappa shape index (κ1) is 24.5. The zero-order valence-electron chi connectivity index (χ0n) is 20.7. The van der Waals surface area contributed by atoms with Crippen molar-refractivity contribution in [2.75, 3.05) is 45.8 Å². The van der Waals surface area contributed by atoms with E-state index in [2.05, 4.69) is 28.5 Å². The van der Waals surface area contributed by atoms with Crippen molar-refractivity contribution in [2.24, 2.45) is 29.6 Å². The van der Waals surface area contributed by atoms with Gasteiger partial charge in [-0.2, -0.15) is 0 Å². The average Bonchev–Trinajstić information content (AvgIpc) is 2.79. The molecule has 178 valence electrons. The molecule has 5 heteroatoms. The molecule has 0 bridgehead atoms. The summed E-state index contributed by atoms with van der Waals surface area (Å²) in [6, 6.07) is 0. The minimum Gasteiger partial charge on any atom is -0.342 e.